The van der Waals surface area contributed by atoms with E-state index in [2.05, 4.69) is 32.1 Å². The lowest BCUT2D eigenvalue weighted by atomic mass is 9.66. The van der Waals surface area contributed by atoms with Crippen molar-refractivity contribution >= 4 is 5.97 Å². The van der Waals surface area contributed by atoms with Gasteiger partial charge in [-0.15, -0.1) is 0 Å². The van der Waals surface area contributed by atoms with Gasteiger partial charge in [-0.3, -0.25) is 4.79 Å². The van der Waals surface area contributed by atoms with Gasteiger partial charge >= 0.3 is 5.97 Å². The smallest absolute Gasteiger partial charge is 0.308 e. The third-order valence-electron chi connectivity index (χ3n) is 6.00. The molecule has 1 saturated heterocycles. The molecule has 0 aromatic carbocycles. The van der Waals surface area contributed by atoms with Crippen LogP contribution in [0, 0.1) is 23.7 Å². The second kappa shape index (κ2) is 7.21. The van der Waals surface area contributed by atoms with Crippen molar-refractivity contribution in [3.63, 3.8) is 0 Å². The molecule has 23 heavy (non-hydrogen) atoms. The molecule has 0 bridgehead atoms. The molecule has 6 atom stereocenters. The van der Waals surface area contributed by atoms with Crippen LogP contribution in [0.2, 0.25) is 0 Å². The first-order valence-corrected chi connectivity index (χ1v) is 9.19. The van der Waals surface area contributed by atoms with Gasteiger partial charge in [0.1, 0.15) is 6.10 Å². The maximum atomic E-state index is 11.7. The summed E-state index contributed by atoms with van der Waals surface area (Å²) in [5.74, 6) is 2.60. The van der Waals surface area contributed by atoms with E-state index in [0.717, 1.165) is 19.3 Å². The number of ether oxygens (including phenoxy) is 2. The first kappa shape index (κ1) is 16.8. The molecule has 4 unspecified atom stereocenters. The van der Waals surface area contributed by atoms with Crippen LogP contribution in [0.15, 0.2) is 23.8 Å². The molecule has 0 spiro atoms. The second-order valence-corrected chi connectivity index (χ2v) is 7.70. The molecular weight excluding hydrogens is 288 g/mol. The Morgan fingerprint density at radius 3 is 2.87 bits per heavy atom. The van der Waals surface area contributed by atoms with Gasteiger partial charge in [0.15, 0.2) is 0 Å². The summed E-state index contributed by atoms with van der Waals surface area (Å²) >= 11 is 0. The van der Waals surface area contributed by atoms with E-state index in [-0.39, 0.29) is 18.2 Å². The van der Waals surface area contributed by atoms with Crippen LogP contribution >= 0.6 is 0 Å². The van der Waals surface area contributed by atoms with Crippen molar-refractivity contribution in [1.29, 1.82) is 0 Å². The Bertz CT molecular complexity index is 493. The van der Waals surface area contributed by atoms with Gasteiger partial charge in [-0.25, -0.2) is 0 Å². The first-order valence-electron chi connectivity index (χ1n) is 9.19. The lowest BCUT2D eigenvalue weighted by Crippen LogP contribution is -2.35. The van der Waals surface area contributed by atoms with Gasteiger partial charge in [-0.1, -0.05) is 32.1 Å². The average Bonchev–Trinajstić information content (AvgIpc) is 2.53. The van der Waals surface area contributed by atoms with Crippen LogP contribution in [0.5, 0.6) is 0 Å². The summed E-state index contributed by atoms with van der Waals surface area (Å²) in [4.78, 5) is 11.7. The molecule has 2 aliphatic carbocycles. The van der Waals surface area contributed by atoms with Gasteiger partial charge in [-0.05, 0) is 54.9 Å². The normalized spacial score (nSPS) is 40.3. The summed E-state index contributed by atoms with van der Waals surface area (Å²) in [7, 11) is 1.69. The number of allylic oxidation sites excluding steroid dienone is 4. The van der Waals surface area contributed by atoms with Crippen molar-refractivity contribution in [2.24, 2.45) is 23.7 Å². The van der Waals surface area contributed by atoms with Crippen molar-refractivity contribution in [3.05, 3.63) is 23.8 Å². The van der Waals surface area contributed by atoms with Gasteiger partial charge in [0.2, 0.25) is 0 Å². The SMILES string of the molecule is COC1CC(=O)O[C@H](CCC2C(C)C=CC3=C[C@H](C)CCC32)C1. The van der Waals surface area contributed by atoms with E-state index in [0.29, 0.717) is 30.1 Å². The molecule has 0 saturated carbocycles. The Hall–Kier alpha value is -1.09. The van der Waals surface area contributed by atoms with E-state index in [1.807, 2.05) is 0 Å². The van der Waals surface area contributed by atoms with Crippen LogP contribution in [-0.4, -0.2) is 25.3 Å². The zero-order valence-corrected chi connectivity index (χ0v) is 14.7. The fourth-order valence-electron chi connectivity index (χ4n) is 4.60. The zero-order valence-electron chi connectivity index (χ0n) is 14.7. The molecule has 3 aliphatic rings. The Labute approximate surface area is 140 Å². The van der Waals surface area contributed by atoms with E-state index < -0.39 is 0 Å². The Morgan fingerprint density at radius 1 is 1.26 bits per heavy atom. The Kier molecular flexibility index (Phi) is 5.25. The highest BCUT2D eigenvalue weighted by Crippen LogP contribution is 2.43. The van der Waals surface area contributed by atoms with Crippen LogP contribution in [0.25, 0.3) is 0 Å². The molecule has 0 aromatic rings. The molecule has 1 heterocycles. The number of methoxy groups -OCH3 is 1. The van der Waals surface area contributed by atoms with E-state index in [9.17, 15) is 4.79 Å². The molecule has 1 aliphatic heterocycles. The van der Waals surface area contributed by atoms with Gasteiger partial charge in [0.25, 0.3) is 0 Å². The largest absolute Gasteiger partial charge is 0.462 e. The fourth-order valence-corrected chi connectivity index (χ4v) is 4.60. The number of hydrogen-bond donors (Lipinski definition) is 0. The molecule has 1 fully saturated rings. The summed E-state index contributed by atoms with van der Waals surface area (Å²) in [5, 5.41) is 0. The lowest BCUT2D eigenvalue weighted by Gasteiger charge is -2.39. The van der Waals surface area contributed by atoms with E-state index >= 15 is 0 Å². The molecule has 0 radical (unpaired) electrons. The quantitative estimate of drug-likeness (QED) is 0.726. The third-order valence-corrected chi connectivity index (χ3v) is 6.00. The van der Waals surface area contributed by atoms with E-state index in [1.54, 1.807) is 12.7 Å². The highest BCUT2D eigenvalue weighted by atomic mass is 16.6. The summed E-state index contributed by atoms with van der Waals surface area (Å²) in [5.41, 5.74) is 1.54. The van der Waals surface area contributed by atoms with Gasteiger partial charge < -0.3 is 9.47 Å². The minimum absolute atomic E-state index is 0.0363. The zero-order chi connectivity index (χ0) is 16.4. The van der Waals surface area contributed by atoms with Crippen LogP contribution < -0.4 is 0 Å². The highest BCUT2D eigenvalue weighted by Gasteiger charge is 2.35. The van der Waals surface area contributed by atoms with E-state index in [1.165, 1.54) is 12.8 Å². The molecule has 3 heteroatoms. The van der Waals surface area contributed by atoms with Crippen LogP contribution in [0.1, 0.15) is 52.4 Å². The minimum atomic E-state index is -0.100. The minimum Gasteiger partial charge on any atom is -0.462 e. The number of cyclic esters (lactones) is 1. The van der Waals surface area contributed by atoms with Gasteiger partial charge in [-0.2, -0.15) is 0 Å². The monoisotopic (exact) mass is 318 g/mol. The Balaban J connectivity index is 1.62. The fraction of sp³-hybridized carbons (Fsp3) is 0.750. The van der Waals surface area contributed by atoms with Crippen molar-refractivity contribution in [2.45, 2.75) is 64.6 Å². The highest BCUT2D eigenvalue weighted by molar-refractivity contribution is 5.71. The molecule has 0 N–H and O–H groups in total. The maximum absolute atomic E-state index is 11.7. The number of carbonyl (C=O) groups excluding carboxylic acids is 1. The van der Waals surface area contributed by atoms with Crippen molar-refractivity contribution in [2.75, 3.05) is 7.11 Å². The first-order chi connectivity index (χ1) is 11.1. The van der Waals surface area contributed by atoms with Crippen molar-refractivity contribution in [3.8, 4) is 0 Å². The summed E-state index contributed by atoms with van der Waals surface area (Å²) in [6, 6.07) is 0. The van der Waals surface area contributed by atoms with Gasteiger partial charge in [0, 0.05) is 13.5 Å². The van der Waals surface area contributed by atoms with Crippen molar-refractivity contribution in [1.82, 2.24) is 0 Å². The van der Waals surface area contributed by atoms with Crippen LogP contribution in [0.4, 0.5) is 0 Å². The number of carbonyl (C=O) groups is 1. The Morgan fingerprint density at radius 2 is 2.09 bits per heavy atom. The average molecular weight is 318 g/mol. The van der Waals surface area contributed by atoms with Crippen LogP contribution in [0.3, 0.4) is 0 Å². The van der Waals surface area contributed by atoms with Crippen molar-refractivity contribution < 1.29 is 14.3 Å². The molecular formula is C20H30O3. The summed E-state index contributed by atoms with van der Waals surface area (Å²) in [6.07, 6.45) is 13.2. The number of fused-ring (bicyclic) bond motifs is 1. The predicted octanol–water partition coefficient (Wildman–Crippen LogP) is 4.28. The van der Waals surface area contributed by atoms with Gasteiger partial charge in [0.05, 0.1) is 12.5 Å². The predicted molar refractivity (Wildman–Crippen MR) is 90.9 cm³/mol. The van der Waals surface area contributed by atoms with Crippen LogP contribution in [-0.2, 0) is 14.3 Å². The molecule has 128 valence electrons. The topological polar surface area (TPSA) is 35.5 Å². The number of esters is 1. The molecule has 3 nitrogen and oxygen atoms in total. The standard InChI is InChI=1S/C20H30O3/c1-13-4-8-19-15(10-13)6-5-14(2)18(19)9-7-16-11-17(22-3)12-20(21)23-16/h5-6,10,13-14,16-19H,4,7-9,11-12H2,1-3H3/t13-,14?,16-,17?,18?,19?/m1/s1. The molecule has 0 aromatic heterocycles. The summed E-state index contributed by atoms with van der Waals surface area (Å²) in [6.45, 7) is 4.65. The molecule has 0 amide bonds. The maximum Gasteiger partial charge on any atom is 0.308 e. The summed E-state index contributed by atoms with van der Waals surface area (Å²) < 4.78 is 10.9. The third kappa shape index (κ3) is 3.88. The number of rotatable bonds is 4. The second-order valence-electron chi connectivity index (χ2n) is 7.70. The lowest BCUT2D eigenvalue weighted by molar-refractivity contribution is -0.162. The van der Waals surface area contributed by atoms with E-state index in [4.69, 9.17) is 9.47 Å². The molecule has 3 rings (SSSR count). The number of hydrogen-bond acceptors (Lipinski definition) is 3.